The Morgan fingerprint density at radius 2 is 1.95 bits per heavy atom. The van der Waals surface area contributed by atoms with E-state index in [1.54, 1.807) is 0 Å². The van der Waals surface area contributed by atoms with E-state index in [1.807, 2.05) is 12.1 Å². The van der Waals surface area contributed by atoms with Gasteiger partial charge in [0.15, 0.2) is 5.82 Å². The van der Waals surface area contributed by atoms with Crippen LogP contribution in [0.2, 0.25) is 0 Å². The van der Waals surface area contributed by atoms with Crippen LogP contribution in [0.5, 0.6) is 0 Å². The Balaban J connectivity index is 2.09. The van der Waals surface area contributed by atoms with Crippen LogP contribution in [0.1, 0.15) is 26.3 Å². The Hall–Kier alpha value is -1.82. The van der Waals surface area contributed by atoms with Gasteiger partial charge in [0.05, 0.1) is 12.9 Å². The van der Waals surface area contributed by atoms with Gasteiger partial charge in [-0.2, -0.15) is 0 Å². The summed E-state index contributed by atoms with van der Waals surface area (Å²) in [6.07, 6.45) is 0. The maximum Gasteiger partial charge on any atom is 0.316 e. The van der Waals surface area contributed by atoms with E-state index < -0.39 is 0 Å². The zero-order valence-electron chi connectivity index (χ0n) is 12.6. The number of H-pyrrole nitrogens is 1. The number of hydrogen-bond donors (Lipinski definition) is 1. The molecule has 0 spiro atoms. The summed E-state index contributed by atoms with van der Waals surface area (Å²) in [7, 11) is 1.36. The lowest BCUT2D eigenvalue weighted by Crippen LogP contribution is -2.10. The Labute approximate surface area is 128 Å². The maximum absolute atomic E-state index is 11.1. The van der Waals surface area contributed by atoms with Crippen molar-refractivity contribution in [1.82, 2.24) is 15.2 Å². The largest absolute Gasteiger partial charge is 0.468 e. The number of carbonyl (C=O) groups is 1. The third-order valence-corrected chi connectivity index (χ3v) is 3.86. The van der Waals surface area contributed by atoms with Crippen LogP contribution in [-0.2, 0) is 14.9 Å². The molecule has 6 heteroatoms. The summed E-state index contributed by atoms with van der Waals surface area (Å²) in [5, 5.41) is 7.51. The molecule has 1 heterocycles. The minimum atomic E-state index is -0.291. The van der Waals surface area contributed by atoms with E-state index >= 15 is 0 Å². The van der Waals surface area contributed by atoms with Crippen LogP contribution >= 0.6 is 11.8 Å². The van der Waals surface area contributed by atoms with Crippen molar-refractivity contribution in [1.29, 1.82) is 0 Å². The molecular weight excluding hydrogens is 286 g/mol. The molecule has 5 nitrogen and oxygen atoms in total. The first-order valence-electron chi connectivity index (χ1n) is 6.63. The number of hydrogen-bond acceptors (Lipinski definition) is 5. The van der Waals surface area contributed by atoms with Crippen LogP contribution in [0.3, 0.4) is 0 Å². The van der Waals surface area contributed by atoms with E-state index in [-0.39, 0.29) is 17.1 Å². The number of benzene rings is 1. The molecule has 0 radical (unpaired) electrons. The van der Waals surface area contributed by atoms with E-state index in [2.05, 4.69) is 52.8 Å². The van der Waals surface area contributed by atoms with Crippen LogP contribution < -0.4 is 0 Å². The van der Waals surface area contributed by atoms with E-state index in [1.165, 1.54) is 24.4 Å². The number of thioether (sulfide) groups is 1. The summed E-state index contributed by atoms with van der Waals surface area (Å²) < 4.78 is 4.58. The molecule has 0 aliphatic rings. The molecule has 0 aliphatic heterocycles. The highest BCUT2D eigenvalue weighted by molar-refractivity contribution is 7.99. The molecule has 0 aliphatic carbocycles. The summed E-state index contributed by atoms with van der Waals surface area (Å²) in [6.45, 7) is 6.54. The summed E-state index contributed by atoms with van der Waals surface area (Å²) >= 11 is 1.25. The number of carbonyl (C=O) groups excluding carboxylic acids is 1. The van der Waals surface area contributed by atoms with Crippen molar-refractivity contribution in [3.05, 3.63) is 29.8 Å². The molecule has 1 aromatic heterocycles. The number of aromatic amines is 1. The molecule has 0 atom stereocenters. The number of esters is 1. The minimum Gasteiger partial charge on any atom is -0.468 e. The molecule has 1 aromatic carbocycles. The van der Waals surface area contributed by atoms with Crippen LogP contribution in [-0.4, -0.2) is 34.0 Å². The van der Waals surface area contributed by atoms with Crippen LogP contribution in [0.4, 0.5) is 0 Å². The average Bonchev–Trinajstić information content (AvgIpc) is 2.93. The predicted molar refractivity (Wildman–Crippen MR) is 83.3 cm³/mol. The smallest absolute Gasteiger partial charge is 0.316 e. The van der Waals surface area contributed by atoms with Gasteiger partial charge in [0, 0.05) is 5.56 Å². The average molecular weight is 305 g/mol. The van der Waals surface area contributed by atoms with Gasteiger partial charge in [0.25, 0.3) is 0 Å². The lowest BCUT2D eigenvalue weighted by atomic mass is 9.87. The fourth-order valence-electron chi connectivity index (χ4n) is 1.75. The number of ether oxygens (including phenoxy) is 1. The van der Waals surface area contributed by atoms with E-state index in [9.17, 15) is 4.79 Å². The van der Waals surface area contributed by atoms with Gasteiger partial charge in [-0.3, -0.25) is 9.89 Å². The van der Waals surface area contributed by atoms with Crippen molar-refractivity contribution >= 4 is 17.7 Å². The number of nitrogens with one attached hydrogen (secondary N) is 1. The van der Waals surface area contributed by atoms with Crippen molar-refractivity contribution < 1.29 is 9.53 Å². The second kappa shape index (κ2) is 6.30. The summed E-state index contributed by atoms with van der Waals surface area (Å²) in [5.41, 5.74) is 2.37. The summed E-state index contributed by atoms with van der Waals surface area (Å²) in [5.74, 6) is 0.611. The van der Waals surface area contributed by atoms with Crippen LogP contribution in [0.15, 0.2) is 29.4 Å². The molecular formula is C15H19N3O2S. The summed E-state index contributed by atoms with van der Waals surface area (Å²) in [4.78, 5) is 15.5. The van der Waals surface area contributed by atoms with Crippen molar-refractivity contribution in [2.45, 2.75) is 31.3 Å². The highest BCUT2D eigenvalue weighted by Gasteiger charge is 2.14. The zero-order valence-corrected chi connectivity index (χ0v) is 13.5. The first-order chi connectivity index (χ1) is 9.90. The molecule has 112 valence electrons. The number of methoxy groups -OCH3 is 1. The number of rotatable bonds is 4. The second-order valence-electron chi connectivity index (χ2n) is 5.66. The monoisotopic (exact) mass is 305 g/mol. The molecule has 0 saturated carbocycles. The molecule has 0 bridgehead atoms. The zero-order chi connectivity index (χ0) is 15.5. The Morgan fingerprint density at radius 3 is 2.52 bits per heavy atom. The highest BCUT2D eigenvalue weighted by Crippen LogP contribution is 2.25. The van der Waals surface area contributed by atoms with E-state index in [0.29, 0.717) is 11.0 Å². The van der Waals surface area contributed by atoms with Crippen molar-refractivity contribution in [2.75, 3.05) is 12.9 Å². The van der Waals surface area contributed by atoms with Gasteiger partial charge in [-0.05, 0) is 11.0 Å². The van der Waals surface area contributed by atoms with Gasteiger partial charge in [-0.25, -0.2) is 4.98 Å². The standard InChI is InChI=1S/C15H19N3O2S/c1-15(2,3)11-7-5-10(6-8-11)13-16-14(18-17-13)21-9-12(19)20-4/h5-8H,9H2,1-4H3,(H,16,17,18). The fourth-order valence-corrected chi connectivity index (χ4v) is 2.38. The van der Waals surface area contributed by atoms with E-state index in [0.717, 1.165) is 5.56 Å². The third kappa shape index (κ3) is 4.07. The van der Waals surface area contributed by atoms with Gasteiger partial charge in [0.2, 0.25) is 5.16 Å². The molecule has 0 amide bonds. The van der Waals surface area contributed by atoms with Gasteiger partial charge in [0.1, 0.15) is 0 Å². The van der Waals surface area contributed by atoms with Crippen molar-refractivity contribution in [3.8, 4) is 11.4 Å². The minimum absolute atomic E-state index is 0.126. The predicted octanol–water partition coefficient (Wildman–Crippen LogP) is 3.03. The van der Waals surface area contributed by atoms with Gasteiger partial charge >= 0.3 is 5.97 Å². The Bertz CT molecular complexity index is 615. The Kier molecular flexibility index (Phi) is 4.67. The molecule has 1 N–H and O–H groups in total. The molecule has 0 saturated heterocycles. The molecule has 2 aromatic rings. The lowest BCUT2D eigenvalue weighted by molar-refractivity contribution is -0.137. The van der Waals surface area contributed by atoms with E-state index in [4.69, 9.17) is 0 Å². The SMILES string of the molecule is COC(=O)CSc1n[nH]c(-c2ccc(C(C)(C)C)cc2)n1. The number of nitrogens with zero attached hydrogens (tertiary/aromatic N) is 2. The van der Waals surface area contributed by atoms with Crippen LogP contribution in [0, 0.1) is 0 Å². The highest BCUT2D eigenvalue weighted by atomic mass is 32.2. The molecule has 21 heavy (non-hydrogen) atoms. The van der Waals surface area contributed by atoms with Gasteiger partial charge in [-0.1, -0.05) is 56.8 Å². The normalized spacial score (nSPS) is 11.4. The fraction of sp³-hybridized carbons (Fsp3) is 0.400. The Morgan fingerprint density at radius 1 is 1.29 bits per heavy atom. The first-order valence-corrected chi connectivity index (χ1v) is 7.61. The molecule has 2 rings (SSSR count). The van der Waals surface area contributed by atoms with Crippen LogP contribution in [0.25, 0.3) is 11.4 Å². The van der Waals surface area contributed by atoms with Gasteiger partial charge < -0.3 is 4.74 Å². The number of aromatic nitrogens is 3. The van der Waals surface area contributed by atoms with Crippen molar-refractivity contribution in [3.63, 3.8) is 0 Å². The first kappa shape index (κ1) is 15.6. The maximum atomic E-state index is 11.1. The van der Waals surface area contributed by atoms with Gasteiger partial charge in [-0.15, -0.1) is 5.10 Å². The lowest BCUT2D eigenvalue weighted by Gasteiger charge is -2.18. The quantitative estimate of drug-likeness (QED) is 0.694. The topological polar surface area (TPSA) is 67.9 Å². The summed E-state index contributed by atoms with van der Waals surface area (Å²) in [6, 6.07) is 8.24. The second-order valence-corrected chi connectivity index (χ2v) is 6.60. The third-order valence-electron chi connectivity index (χ3n) is 3.04. The van der Waals surface area contributed by atoms with Crippen molar-refractivity contribution in [2.24, 2.45) is 0 Å². The molecule has 0 fully saturated rings. The molecule has 0 unspecified atom stereocenters.